The maximum Gasteiger partial charge on any atom is 0.343 e. The molecule has 168 valence electrons. The molecular weight excluding hydrogens is 438 g/mol. The van der Waals surface area contributed by atoms with Crippen LogP contribution in [-0.2, 0) is 19.6 Å². The highest BCUT2D eigenvalue weighted by Gasteiger charge is 2.29. The normalized spacial score (nSPS) is 14.7. The molecule has 0 aliphatic carbocycles. The molecule has 0 unspecified atom stereocenters. The maximum absolute atomic E-state index is 13.2. The number of carbonyl (C=O) groups is 2. The van der Waals surface area contributed by atoms with Gasteiger partial charge in [-0.3, -0.25) is 0 Å². The molecule has 1 heterocycles. The number of ether oxygens (including phenoxy) is 2. The van der Waals surface area contributed by atoms with Gasteiger partial charge in [-0.1, -0.05) is 12.1 Å². The molecule has 3 rings (SSSR count). The van der Waals surface area contributed by atoms with Gasteiger partial charge in [0.1, 0.15) is 16.2 Å². The fourth-order valence-corrected chi connectivity index (χ4v) is 4.19. The van der Waals surface area contributed by atoms with Crippen molar-refractivity contribution in [3.63, 3.8) is 0 Å². The number of methoxy groups -OCH3 is 1. The molecule has 3 N–H and O–H groups in total. The van der Waals surface area contributed by atoms with Gasteiger partial charge < -0.3 is 25.2 Å². The Hall–Kier alpha value is -3.86. The number of benzene rings is 2. The molecule has 1 aliphatic rings. The molecule has 2 aromatic carbocycles. The topological polar surface area (TPSA) is 143 Å². The molecule has 0 saturated heterocycles. The number of sulfonamides is 1. The van der Waals surface area contributed by atoms with Crippen LogP contribution in [0.3, 0.4) is 0 Å². The van der Waals surface area contributed by atoms with Crippen LogP contribution in [0.25, 0.3) is 0 Å². The summed E-state index contributed by atoms with van der Waals surface area (Å²) in [5.74, 6) is -2.46. The first-order valence-electron chi connectivity index (χ1n) is 9.45. The number of carbonyl (C=O) groups excluding carboxylic acids is 1. The van der Waals surface area contributed by atoms with Gasteiger partial charge in [-0.15, -0.1) is 4.40 Å². The number of fused-ring (bicyclic) bond motifs is 1. The Balaban J connectivity index is 2.22. The van der Waals surface area contributed by atoms with Crippen molar-refractivity contribution in [2.45, 2.75) is 18.7 Å². The summed E-state index contributed by atoms with van der Waals surface area (Å²) in [5.41, 5.74) is 1.02. The van der Waals surface area contributed by atoms with E-state index in [0.29, 0.717) is 17.1 Å². The Morgan fingerprint density at radius 3 is 2.34 bits per heavy atom. The summed E-state index contributed by atoms with van der Waals surface area (Å²) in [5, 5.41) is 15.2. The van der Waals surface area contributed by atoms with Crippen molar-refractivity contribution in [2.24, 2.45) is 4.40 Å². The number of nitrogens with one attached hydrogen (secondary N) is 2. The van der Waals surface area contributed by atoms with Crippen LogP contribution in [0.5, 0.6) is 5.75 Å². The van der Waals surface area contributed by atoms with Crippen molar-refractivity contribution >= 4 is 39.2 Å². The standard InChI is InChI=1S/C21H21N3O7S/c1-4-31-21(27)18-12(2)22-14-7-5-6-8-15(14)23-19(18)24-32(28,29)17-11-13(20(25)26)9-10-16(17)30-3/h5-11,22H,4H2,1-3H3,(H,23,24)(H,25,26). The minimum Gasteiger partial charge on any atom is -0.495 e. The number of carboxylic acids is 1. The van der Waals surface area contributed by atoms with E-state index in [4.69, 9.17) is 9.47 Å². The third kappa shape index (κ3) is 4.57. The van der Waals surface area contributed by atoms with Gasteiger partial charge in [0.05, 0.1) is 30.7 Å². The summed E-state index contributed by atoms with van der Waals surface area (Å²) in [6.07, 6.45) is 0. The van der Waals surface area contributed by atoms with E-state index >= 15 is 0 Å². The molecule has 0 radical (unpaired) electrons. The molecule has 10 nitrogen and oxygen atoms in total. The SMILES string of the molecule is CCOC(=O)C1=C(C)Nc2ccccc2N/C1=N/S(=O)(=O)c1cc(C(=O)O)ccc1OC. The Morgan fingerprint density at radius 2 is 1.75 bits per heavy atom. The van der Waals surface area contributed by atoms with Crippen LogP contribution in [0, 0.1) is 0 Å². The van der Waals surface area contributed by atoms with Gasteiger partial charge in [0, 0.05) is 5.70 Å². The number of amidine groups is 1. The molecule has 2 aromatic rings. The highest BCUT2D eigenvalue weighted by molar-refractivity contribution is 7.90. The van der Waals surface area contributed by atoms with Crippen molar-refractivity contribution in [3.8, 4) is 5.75 Å². The third-order valence-corrected chi connectivity index (χ3v) is 5.79. The van der Waals surface area contributed by atoms with Gasteiger partial charge in [-0.25, -0.2) is 9.59 Å². The number of hydrogen-bond acceptors (Lipinski definition) is 7. The Bertz CT molecular complexity index is 1250. The van der Waals surface area contributed by atoms with E-state index in [9.17, 15) is 23.1 Å². The van der Waals surface area contributed by atoms with E-state index in [2.05, 4.69) is 15.0 Å². The van der Waals surface area contributed by atoms with Crippen LogP contribution < -0.4 is 15.4 Å². The van der Waals surface area contributed by atoms with Gasteiger partial charge in [-0.05, 0) is 44.2 Å². The molecule has 0 atom stereocenters. The number of hydrogen-bond donors (Lipinski definition) is 3. The summed E-state index contributed by atoms with van der Waals surface area (Å²) in [6, 6.07) is 10.3. The van der Waals surface area contributed by atoms with E-state index in [-0.39, 0.29) is 29.3 Å². The predicted octanol–water partition coefficient (Wildman–Crippen LogP) is 2.86. The summed E-state index contributed by atoms with van der Waals surface area (Å²) in [6.45, 7) is 3.27. The first kappa shape index (κ1) is 22.8. The number of nitrogens with zero attached hydrogens (tertiary/aromatic N) is 1. The maximum atomic E-state index is 13.2. The van der Waals surface area contributed by atoms with Gasteiger partial charge >= 0.3 is 11.9 Å². The van der Waals surface area contributed by atoms with Crippen LogP contribution in [0.2, 0.25) is 0 Å². The van der Waals surface area contributed by atoms with Crippen molar-refractivity contribution in [2.75, 3.05) is 24.4 Å². The predicted molar refractivity (Wildman–Crippen MR) is 118 cm³/mol. The zero-order chi connectivity index (χ0) is 23.5. The molecule has 0 aromatic heterocycles. The summed E-state index contributed by atoms with van der Waals surface area (Å²) >= 11 is 0. The second-order valence-electron chi connectivity index (χ2n) is 6.60. The molecular formula is C21H21N3O7S. The number of anilines is 2. The minimum atomic E-state index is -4.51. The number of aromatic carboxylic acids is 1. The quantitative estimate of drug-likeness (QED) is 0.556. The lowest BCUT2D eigenvalue weighted by Gasteiger charge is -2.13. The Morgan fingerprint density at radius 1 is 1.09 bits per heavy atom. The third-order valence-electron chi connectivity index (χ3n) is 4.49. The zero-order valence-electron chi connectivity index (χ0n) is 17.5. The molecule has 0 fully saturated rings. The molecule has 0 amide bonds. The van der Waals surface area contributed by atoms with E-state index in [1.807, 2.05) is 0 Å². The molecule has 0 saturated carbocycles. The van der Waals surface area contributed by atoms with Crippen LogP contribution in [0.15, 0.2) is 63.0 Å². The van der Waals surface area contributed by atoms with Crippen molar-refractivity contribution < 1.29 is 32.6 Å². The summed E-state index contributed by atoms with van der Waals surface area (Å²) in [7, 11) is -3.26. The average molecular weight is 459 g/mol. The van der Waals surface area contributed by atoms with E-state index in [1.165, 1.54) is 19.2 Å². The van der Waals surface area contributed by atoms with Crippen LogP contribution in [-0.4, -0.2) is 45.0 Å². The Kier molecular flexibility index (Phi) is 6.49. The van der Waals surface area contributed by atoms with Crippen LogP contribution in [0.1, 0.15) is 24.2 Å². The lowest BCUT2D eigenvalue weighted by atomic mass is 10.2. The molecule has 0 spiro atoms. The van der Waals surface area contributed by atoms with E-state index in [0.717, 1.165) is 6.07 Å². The van der Waals surface area contributed by atoms with E-state index < -0.39 is 26.9 Å². The van der Waals surface area contributed by atoms with Gasteiger partial charge in [0.15, 0.2) is 5.84 Å². The molecule has 32 heavy (non-hydrogen) atoms. The highest BCUT2D eigenvalue weighted by Crippen LogP contribution is 2.31. The van der Waals surface area contributed by atoms with Crippen molar-refractivity contribution in [1.29, 1.82) is 0 Å². The summed E-state index contributed by atoms with van der Waals surface area (Å²) < 4.78 is 40.5. The van der Waals surface area contributed by atoms with Crippen molar-refractivity contribution in [3.05, 3.63) is 59.3 Å². The largest absolute Gasteiger partial charge is 0.495 e. The molecule has 11 heteroatoms. The monoisotopic (exact) mass is 459 g/mol. The lowest BCUT2D eigenvalue weighted by molar-refractivity contribution is -0.137. The summed E-state index contributed by atoms with van der Waals surface area (Å²) in [4.78, 5) is 23.6. The zero-order valence-corrected chi connectivity index (χ0v) is 18.3. The second-order valence-corrected chi connectivity index (χ2v) is 8.17. The van der Waals surface area contributed by atoms with Gasteiger partial charge in [-0.2, -0.15) is 8.42 Å². The van der Waals surface area contributed by atoms with Crippen molar-refractivity contribution in [1.82, 2.24) is 0 Å². The second kappa shape index (κ2) is 9.10. The first-order chi connectivity index (χ1) is 15.2. The van der Waals surface area contributed by atoms with Crippen LogP contribution in [0.4, 0.5) is 11.4 Å². The number of para-hydroxylation sites is 2. The van der Waals surface area contributed by atoms with E-state index in [1.54, 1.807) is 38.1 Å². The lowest BCUT2D eigenvalue weighted by Crippen LogP contribution is -2.25. The average Bonchev–Trinajstić information content (AvgIpc) is 2.87. The number of allylic oxidation sites excluding steroid dienone is 1. The number of carboxylic acid groups (broad SMARTS) is 1. The molecule has 0 bridgehead atoms. The fraction of sp³-hybridized carbons (Fsp3) is 0.190. The number of esters is 1. The van der Waals surface area contributed by atoms with Gasteiger partial charge in [0.25, 0.3) is 10.0 Å². The number of rotatable bonds is 6. The van der Waals surface area contributed by atoms with Crippen LogP contribution >= 0.6 is 0 Å². The highest BCUT2D eigenvalue weighted by atomic mass is 32.2. The fourth-order valence-electron chi connectivity index (χ4n) is 3.04. The first-order valence-corrected chi connectivity index (χ1v) is 10.9. The van der Waals surface area contributed by atoms with Gasteiger partial charge in [0.2, 0.25) is 0 Å². The minimum absolute atomic E-state index is 0.0665. The molecule has 1 aliphatic heterocycles. The Labute approximate surface area is 184 Å². The smallest absolute Gasteiger partial charge is 0.343 e.